The number of rotatable bonds is 4. The molecule has 0 unspecified atom stereocenters. The summed E-state index contributed by atoms with van der Waals surface area (Å²) in [5.41, 5.74) is 1.34. The maximum atomic E-state index is 12.4. The van der Waals surface area contributed by atoms with E-state index in [-0.39, 0.29) is 5.56 Å². The van der Waals surface area contributed by atoms with Crippen molar-refractivity contribution >= 4 is 17.0 Å². The maximum absolute atomic E-state index is 12.4. The maximum Gasteiger partial charge on any atom is 0.263 e. The van der Waals surface area contributed by atoms with Crippen LogP contribution in [0.1, 0.15) is 0 Å². The lowest BCUT2D eigenvalue weighted by Gasteiger charge is -2.40. The van der Waals surface area contributed by atoms with E-state index >= 15 is 0 Å². The molecule has 0 aliphatic carbocycles. The van der Waals surface area contributed by atoms with E-state index in [1.807, 2.05) is 30.3 Å². The molecule has 1 fully saturated rings. The third kappa shape index (κ3) is 2.56. The van der Waals surface area contributed by atoms with Crippen LogP contribution in [-0.2, 0) is 0 Å². The molecule has 2 aromatic heterocycles. The van der Waals surface area contributed by atoms with E-state index in [9.17, 15) is 4.79 Å². The van der Waals surface area contributed by atoms with Gasteiger partial charge in [-0.1, -0.05) is 18.2 Å². The van der Waals surface area contributed by atoms with Gasteiger partial charge in [-0.2, -0.15) is 10.1 Å². The second-order valence-corrected chi connectivity index (χ2v) is 6.55. The van der Waals surface area contributed by atoms with Gasteiger partial charge < -0.3 is 9.80 Å². The molecule has 0 bridgehead atoms. The fourth-order valence-corrected chi connectivity index (χ4v) is 3.19. The largest absolute Gasteiger partial charge is 0.341 e. The molecule has 1 aliphatic heterocycles. The molecule has 1 N–H and O–H groups in total. The van der Waals surface area contributed by atoms with Crippen molar-refractivity contribution in [1.29, 1.82) is 0 Å². The number of para-hydroxylation sites is 1. The Morgan fingerprint density at radius 1 is 1.25 bits per heavy atom. The van der Waals surface area contributed by atoms with E-state index in [0.29, 0.717) is 22.9 Å². The number of aromatic nitrogens is 4. The summed E-state index contributed by atoms with van der Waals surface area (Å²) in [4.78, 5) is 24.2. The third-order valence-corrected chi connectivity index (χ3v) is 4.31. The first-order valence-corrected chi connectivity index (χ1v) is 8.05. The summed E-state index contributed by atoms with van der Waals surface area (Å²) >= 11 is 0. The quantitative estimate of drug-likeness (QED) is 0.778. The molecule has 7 nitrogen and oxygen atoms in total. The number of aromatic amines is 1. The topological polar surface area (TPSA) is 70.1 Å². The number of nitrogens with zero attached hydrogens (tertiary/aromatic N) is 5. The highest BCUT2D eigenvalue weighted by Gasteiger charge is 2.29. The average Bonchev–Trinajstić information content (AvgIpc) is 2.95. The zero-order valence-electron chi connectivity index (χ0n) is 13.8. The van der Waals surface area contributed by atoms with Crippen molar-refractivity contribution in [3.63, 3.8) is 0 Å². The van der Waals surface area contributed by atoms with Crippen LogP contribution in [0.4, 0.5) is 5.95 Å². The normalized spacial score (nSPS) is 15.2. The first-order valence-electron chi connectivity index (χ1n) is 8.05. The number of benzene rings is 1. The van der Waals surface area contributed by atoms with Crippen molar-refractivity contribution in [3.05, 3.63) is 46.9 Å². The van der Waals surface area contributed by atoms with Gasteiger partial charge in [-0.05, 0) is 26.2 Å². The molecule has 7 heteroatoms. The number of nitrogens with one attached hydrogen (secondary N) is 1. The Labute approximate surface area is 139 Å². The molecule has 1 saturated heterocycles. The van der Waals surface area contributed by atoms with E-state index in [1.54, 1.807) is 10.9 Å². The monoisotopic (exact) mass is 324 g/mol. The first kappa shape index (κ1) is 14.9. The summed E-state index contributed by atoms with van der Waals surface area (Å²) in [6, 6.07) is 9.74. The summed E-state index contributed by atoms with van der Waals surface area (Å²) < 4.78 is 1.71. The predicted molar refractivity (Wildman–Crippen MR) is 93.7 cm³/mol. The number of H-pyrrole nitrogens is 1. The fourth-order valence-electron chi connectivity index (χ4n) is 3.19. The van der Waals surface area contributed by atoms with Gasteiger partial charge in [-0.15, -0.1) is 0 Å². The van der Waals surface area contributed by atoms with Crippen molar-refractivity contribution in [2.75, 3.05) is 38.6 Å². The first-order chi connectivity index (χ1) is 11.6. The minimum absolute atomic E-state index is 0.145. The highest BCUT2D eigenvalue weighted by Crippen LogP contribution is 2.22. The van der Waals surface area contributed by atoms with Crippen LogP contribution in [0, 0.1) is 5.92 Å². The van der Waals surface area contributed by atoms with E-state index < -0.39 is 0 Å². The second-order valence-electron chi connectivity index (χ2n) is 6.55. The van der Waals surface area contributed by atoms with E-state index in [1.165, 1.54) is 0 Å². The highest BCUT2D eigenvalue weighted by atomic mass is 16.1. The van der Waals surface area contributed by atoms with Crippen LogP contribution in [-0.4, -0.2) is 58.4 Å². The van der Waals surface area contributed by atoms with Crippen LogP contribution < -0.4 is 10.5 Å². The summed E-state index contributed by atoms with van der Waals surface area (Å²) in [5, 5.41) is 4.84. The average molecular weight is 324 g/mol. The van der Waals surface area contributed by atoms with Gasteiger partial charge in [-0.25, -0.2) is 4.68 Å². The Balaban J connectivity index is 1.68. The van der Waals surface area contributed by atoms with Gasteiger partial charge in [0, 0.05) is 25.6 Å². The molecule has 0 atom stereocenters. The van der Waals surface area contributed by atoms with Crippen LogP contribution in [0.25, 0.3) is 16.7 Å². The Bertz CT molecular complexity index is 908. The van der Waals surface area contributed by atoms with E-state index in [0.717, 1.165) is 25.3 Å². The van der Waals surface area contributed by atoms with Crippen LogP contribution in [0.2, 0.25) is 0 Å². The highest BCUT2D eigenvalue weighted by molar-refractivity contribution is 5.76. The van der Waals surface area contributed by atoms with Crippen LogP contribution >= 0.6 is 0 Å². The molecule has 3 heterocycles. The van der Waals surface area contributed by atoms with Crippen LogP contribution in [0.15, 0.2) is 41.3 Å². The molecule has 3 aromatic rings. The molecular formula is C17H20N6O. The molecule has 0 radical (unpaired) electrons. The molecule has 0 amide bonds. The number of hydrogen-bond acceptors (Lipinski definition) is 5. The lowest BCUT2D eigenvalue weighted by molar-refractivity contribution is 0.281. The zero-order chi connectivity index (χ0) is 16.7. The molecule has 1 aromatic carbocycles. The summed E-state index contributed by atoms with van der Waals surface area (Å²) in [5.74, 6) is 1.24. The smallest absolute Gasteiger partial charge is 0.263 e. The molecule has 4 rings (SSSR count). The lowest BCUT2D eigenvalue weighted by atomic mass is 10.0. The van der Waals surface area contributed by atoms with Crippen molar-refractivity contribution in [2.24, 2.45) is 5.92 Å². The van der Waals surface area contributed by atoms with Crippen molar-refractivity contribution in [2.45, 2.75) is 0 Å². The molecular weight excluding hydrogens is 304 g/mol. The van der Waals surface area contributed by atoms with Crippen molar-refractivity contribution < 1.29 is 0 Å². The van der Waals surface area contributed by atoms with E-state index in [2.05, 4.69) is 39.0 Å². The Hall–Kier alpha value is -2.67. The van der Waals surface area contributed by atoms with Gasteiger partial charge in [0.15, 0.2) is 5.65 Å². The number of fused-ring (bicyclic) bond motifs is 1. The Kier molecular flexibility index (Phi) is 3.57. The SMILES string of the molecule is CN(C)CC1CN(c2nc3c(cnn3-c3ccccc3)c(=O)[nH]2)C1. The van der Waals surface area contributed by atoms with Gasteiger partial charge in [0.25, 0.3) is 5.56 Å². The lowest BCUT2D eigenvalue weighted by Crippen LogP contribution is -2.51. The standard InChI is InChI=1S/C17H20N6O/c1-21(2)9-12-10-22(11-12)17-19-15-14(16(24)20-17)8-18-23(15)13-6-4-3-5-7-13/h3-8,12H,9-11H2,1-2H3,(H,19,20,24). The zero-order valence-corrected chi connectivity index (χ0v) is 13.8. The summed E-state index contributed by atoms with van der Waals surface area (Å²) in [7, 11) is 4.15. The van der Waals surface area contributed by atoms with Crippen LogP contribution in [0.5, 0.6) is 0 Å². The minimum atomic E-state index is -0.145. The molecule has 0 saturated carbocycles. The molecule has 0 spiro atoms. The van der Waals surface area contributed by atoms with Gasteiger partial charge in [-0.3, -0.25) is 9.78 Å². The fraction of sp³-hybridized carbons (Fsp3) is 0.353. The van der Waals surface area contributed by atoms with Gasteiger partial charge in [0.2, 0.25) is 5.95 Å². The Morgan fingerprint density at radius 3 is 2.71 bits per heavy atom. The Morgan fingerprint density at radius 2 is 2.00 bits per heavy atom. The molecule has 24 heavy (non-hydrogen) atoms. The second kappa shape index (κ2) is 5.76. The minimum Gasteiger partial charge on any atom is -0.341 e. The number of anilines is 1. The molecule has 124 valence electrons. The van der Waals surface area contributed by atoms with Crippen molar-refractivity contribution in [3.8, 4) is 5.69 Å². The van der Waals surface area contributed by atoms with Crippen LogP contribution in [0.3, 0.4) is 0 Å². The van der Waals surface area contributed by atoms with E-state index in [4.69, 9.17) is 0 Å². The van der Waals surface area contributed by atoms with Gasteiger partial charge in [0.1, 0.15) is 5.39 Å². The third-order valence-electron chi connectivity index (χ3n) is 4.31. The number of hydrogen-bond donors (Lipinski definition) is 1. The van der Waals surface area contributed by atoms with Gasteiger partial charge >= 0.3 is 0 Å². The summed E-state index contributed by atoms with van der Waals surface area (Å²) in [6.45, 7) is 2.86. The predicted octanol–water partition coefficient (Wildman–Crippen LogP) is 1.11. The summed E-state index contributed by atoms with van der Waals surface area (Å²) in [6.07, 6.45) is 1.57. The molecule has 1 aliphatic rings. The van der Waals surface area contributed by atoms with Gasteiger partial charge in [0.05, 0.1) is 11.9 Å². The van der Waals surface area contributed by atoms with Crippen molar-refractivity contribution in [1.82, 2.24) is 24.6 Å².